The number of hydrogen-bond donors (Lipinski definition) is 2. The molecule has 0 aliphatic rings. The monoisotopic (exact) mass is 334 g/mol. The molecule has 2 N–H and O–H groups in total. The van der Waals surface area contributed by atoms with Crippen molar-refractivity contribution < 1.29 is 19.4 Å². The summed E-state index contributed by atoms with van der Waals surface area (Å²) in [6.07, 6.45) is 1.39. The molecule has 1 amide bonds. The van der Waals surface area contributed by atoms with Gasteiger partial charge in [0.25, 0.3) is 5.91 Å². The summed E-state index contributed by atoms with van der Waals surface area (Å²) < 4.78 is 10.3. The van der Waals surface area contributed by atoms with Gasteiger partial charge < -0.3 is 14.6 Å². The molecule has 2 rings (SSSR count). The average Bonchev–Trinajstić information content (AvgIpc) is 2.55. The van der Waals surface area contributed by atoms with Gasteiger partial charge in [-0.1, -0.05) is 23.7 Å². The van der Waals surface area contributed by atoms with Gasteiger partial charge in [0.1, 0.15) is 17.2 Å². The normalized spacial score (nSPS) is 10.6. The minimum absolute atomic E-state index is 0.120. The molecule has 2 aromatic rings. The molecule has 7 heteroatoms. The first-order valence-corrected chi connectivity index (χ1v) is 6.97. The first-order valence-electron chi connectivity index (χ1n) is 6.59. The number of carbonyl (C=O) groups is 1. The number of hydrogen-bond acceptors (Lipinski definition) is 5. The Balaban J connectivity index is 2.16. The van der Waals surface area contributed by atoms with Crippen LogP contribution in [0.3, 0.4) is 0 Å². The fourth-order valence-electron chi connectivity index (χ4n) is 1.87. The van der Waals surface area contributed by atoms with Crippen molar-refractivity contribution in [2.75, 3.05) is 14.2 Å². The molecule has 23 heavy (non-hydrogen) atoms. The Hall–Kier alpha value is -2.73. The second-order valence-corrected chi connectivity index (χ2v) is 4.85. The lowest BCUT2D eigenvalue weighted by atomic mass is 10.2. The second-order valence-electron chi connectivity index (χ2n) is 4.44. The highest BCUT2D eigenvalue weighted by Gasteiger charge is 2.10. The highest BCUT2D eigenvalue weighted by molar-refractivity contribution is 6.32. The average molecular weight is 335 g/mol. The van der Waals surface area contributed by atoms with Gasteiger partial charge in [-0.2, -0.15) is 5.10 Å². The van der Waals surface area contributed by atoms with E-state index < -0.39 is 5.91 Å². The Morgan fingerprint density at radius 3 is 2.57 bits per heavy atom. The van der Waals surface area contributed by atoms with Crippen molar-refractivity contribution in [3.8, 4) is 17.2 Å². The van der Waals surface area contributed by atoms with Gasteiger partial charge in [-0.05, 0) is 18.2 Å². The van der Waals surface area contributed by atoms with Crippen LogP contribution < -0.4 is 14.9 Å². The fourth-order valence-corrected chi connectivity index (χ4v) is 2.12. The smallest absolute Gasteiger partial charge is 0.275 e. The van der Waals surface area contributed by atoms with E-state index in [1.807, 2.05) is 0 Å². The van der Waals surface area contributed by atoms with E-state index in [4.69, 9.17) is 21.1 Å². The number of nitrogens with zero attached hydrogens (tertiary/aromatic N) is 1. The summed E-state index contributed by atoms with van der Waals surface area (Å²) >= 11 is 6.05. The highest BCUT2D eigenvalue weighted by Crippen LogP contribution is 2.31. The van der Waals surface area contributed by atoms with Crippen LogP contribution in [0, 0.1) is 0 Å². The quantitative estimate of drug-likeness (QED) is 0.651. The summed E-state index contributed by atoms with van der Waals surface area (Å²) in [5.41, 5.74) is 3.02. The van der Waals surface area contributed by atoms with Crippen molar-refractivity contribution in [3.63, 3.8) is 0 Å². The van der Waals surface area contributed by atoms with Crippen molar-refractivity contribution in [3.05, 3.63) is 52.5 Å². The third-order valence-corrected chi connectivity index (χ3v) is 3.32. The molecule has 0 radical (unpaired) electrons. The zero-order valence-electron chi connectivity index (χ0n) is 12.5. The largest absolute Gasteiger partial charge is 0.507 e. The van der Waals surface area contributed by atoms with Crippen molar-refractivity contribution in [2.45, 2.75) is 0 Å². The maximum atomic E-state index is 11.9. The molecule has 120 valence electrons. The van der Waals surface area contributed by atoms with Crippen LogP contribution in [0.15, 0.2) is 41.5 Å². The summed E-state index contributed by atoms with van der Waals surface area (Å²) in [6.45, 7) is 0. The first kappa shape index (κ1) is 16.6. The van der Waals surface area contributed by atoms with Gasteiger partial charge in [-0.15, -0.1) is 0 Å². The van der Waals surface area contributed by atoms with Gasteiger partial charge in [-0.3, -0.25) is 4.79 Å². The number of amides is 1. The number of phenolic OH excluding ortho intramolecular Hbond substituents is 1. The van der Waals surface area contributed by atoms with E-state index >= 15 is 0 Å². The lowest BCUT2D eigenvalue weighted by Crippen LogP contribution is -2.17. The number of nitrogens with one attached hydrogen (secondary N) is 1. The van der Waals surface area contributed by atoms with Crippen LogP contribution in [0.5, 0.6) is 17.2 Å². The minimum atomic E-state index is -0.530. The molecule has 6 nitrogen and oxygen atoms in total. The maximum absolute atomic E-state index is 11.9. The molecule has 2 aromatic carbocycles. The number of benzene rings is 2. The molecule has 0 spiro atoms. The molecule has 0 atom stereocenters. The lowest BCUT2D eigenvalue weighted by molar-refractivity contribution is 0.0952. The predicted molar refractivity (Wildman–Crippen MR) is 87.7 cm³/mol. The van der Waals surface area contributed by atoms with E-state index in [2.05, 4.69) is 10.5 Å². The molecule has 0 saturated carbocycles. The number of halogens is 1. The van der Waals surface area contributed by atoms with Gasteiger partial charge in [0.2, 0.25) is 0 Å². The Morgan fingerprint density at radius 2 is 1.91 bits per heavy atom. The Labute approximate surface area is 138 Å². The van der Waals surface area contributed by atoms with Crippen LogP contribution >= 0.6 is 11.6 Å². The second kappa shape index (κ2) is 7.51. The van der Waals surface area contributed by atoms with E-state index in [0.29, 0.717) is 22.1 Å². The van der Waals surface area contributed by atoms with Crippen molar-refractivity contribution in [1.82, 2.24) is 5.43 Å². The van der Waals surface area contributed by atoms with E-state index in [1.165, 1.54) is 32.6 Å². The van der Waals surface area contributed by atoms with Crippen LogP contribution in [0.1, 0.15) is 15.9 Å². The highest BCUT2D eigenvalue weighted by atomic mass is 35.5. The molecule has 0 unspecified atom stereocenters. The van der Waals surface area contributed by atoms with E-state index in [9.17, 15) is 9.90 Å². The van der Waals surface area contributed by atoms with Gasteiger partial charge in [-0.25, -0.2) is 5.43 Å². The van der Waals surface area contributed by atoms with Crippen LogP contribution in [-0.2, 0) is 0 Å². The Bertz CT molecular complexity index is 747. The third-order valence-electron chi connectivity index (χ3n) is 3.02. The Kier molecular flexibility index (Phi) is 5.43. The van der Waals surface area contributed by atoms with Crippen molar-refractivity contribution in [1.29, 1.82) is 0 Å². The van der Waals surface area contributed by atoms with E-state index in [-0.39, 0.29) is 11.3 Å². The first-order chi connectivity index (χ1) is 11.1. The standard InChI is InChI=1S/C16H15ClN2O4/c1-22-14-8-15(23-2)12(17)7-10(14)9-18-19-16(21)11-5-3-4-6-13(11)20/h3-9,20H,1-2H3,(H,19,21)/b18-9-. The van der Waals surface area contributed by atoms with Crippen LogP contribution in [0.25, 0.3) is 0 Å². The summed E-state index contributed by atoms with van der Waals surface area (Å²) in [5.74, 6) is 0.314. The molecule has 0 fully saturated rings. The van der Waals surface area contributed by atoms with Gasteiger partial charge in [0.05, 0.1) is 31.0 Å². The number of ether oxygens (including phenoxy) is 2. The third kappa shape index (κ3) is 3.92. The zero-order chi connectivity index (χ0) is 16.8. The summed E-state index contributed by atoms with van der Waals surface area (Å²) in [5, 5.41) is 13.8. The molecule has 0 saturated heterocycles. The van der Waals surface area contributed by atoms with Crippen LogP contribution in [0.4, 0.5) is 0 Å². The SMILES string of the molecule is COc1cc(OC)c(/C=N\NC(=O)c2ccccc2O)cc1Cl. The topological polar surface area (TPSA) is 80.2 Å². The molecule has 0 aliphatic carbocycles. The molecular formula is C16H15ClN2O4. The molecule has 0 heterocycles. The molecule has 0 aliphatic heterocycles. The van der Waals surface area contributed by atoms with Gasteiger partial charge in [0.15, 0.2) is 0 Å². The number of para-hydroxylation sites is 1. The fraction of sp³-hybridized carbons (Fsp3) is 0.125. The number of methoxy groups -OCH3 is 2. The van der Waals surface area contributed by atoms with Crippen LogP contribution in [-0.4, -0.2) is 31.4 Å². The van der Waals surface area contributed by atoms with Crippen molar-refractivity contribution >= 4 is 23.7 Å². The maximum Gasteiger partial charge on any atom is 0.275 e. The number of hydrazone groups is 1. The minimum Gasteiger partial charge on any atom is -0.507 e. The summed E-state index contributed by atoms with van der Waals surface area (Å²) in [4.78, 5) is 11.9. The zero-order valence-corrected chi connectivity index (χ0v) is 13.3. The molecular weight excluding hydrogens is 320 g/mol. The molecule has 0 bridgehead atoms. The number of aromatic hydroxyl groups is 1. The number of phenols is 1. The lowest BCUT2D eigenvalue weighted by Gasteiger charge is -2.09. The predicted octanol–water partition coefficient (Wildman–Crippen LogP) is 2.83. The van der Waals surface area contributed by atoms with Gasteiger partial charge >= 0.3 is 0 Å². The van der Waals surface area contributed by atoms with Crippen molar-refractivity contribution in [2.24, 2.45) is 5.10 Å². The van der Waals surface area contributed by atoms with E-state index in [0.717, 1.165) is 0 Å². The number of carbonyl (C=O) groups excluding carboxylic acids is 1. The summed E-state index contributed by atoms with van der Waals surface area (Å²) in [7, 11) is 3.00. The van der Waals surface area contributed by atoms with E-state index in [1.54, 1.807) is 24.3 Å². The Morgan fingerprint density at radius 1 is 1.22 bits per heavy atom. The molecule has 0 aromatic heterocycles. The number of rotatable bonds is 5. The van der Waals surface area contributed by atoms with Crippen LogP contribution in [0.2, 0.25) is 5.02 Å². The van der Waals surface area contributed by atoms with Gasteiger partial charge in [0, 0.05) is 11.6 Å². The summed E-state index contributed by atoms with van der Waals surface area (Å²) in [6, 6.07) is 9.41.